The largest absolute Gasteiger partial charge is 0.463 e. The van der Waals surface area contributed by atoms with Crippen molar-refractivity contribution in [1.29, 1.82) is 0 Å². The van der Waals surface area contributed by atoms with Crippen molar-refractivity contribution in [3.63, 3.8) is 0 Å². The van der Waals surface area contributed by atoms with Crippen LogP contribution in [0.4, 0.5) is 0 Å². The molecule has 0 aromatic carbocycles. The second kappa shape index (κ2) is 15.2. The molecular formula is C34H63N3O7. The Labute approximate surface area is 267 Å². The van der Waals surface area contributed by atoms with Crippen molar-refractivity contribution in [2.24, 2.45) is 23.2 Å². The highest BCUT2D eigenvalue weighted by Crippen LogP contribution is 2.38. The Hall–Kier alpha value is -1.14. The molecule has 0 radical (unpaired) electrons. The lowest BCUT2D eigenvalue weighted by atomic mass is 9.74. The summed E-state index contributed by atoms with van der Waals surface area (Å²) >= 11 is 0. The van der Waals surface area contributed by atoms with Crippen LogP contribution in [-0.4, -0.2) is 134 Å². The number of rotatable bonds is 6. The summed E-state index contributed by atoms with van der Waals surface area (Å²) in [5, 5.41) is 11.3. The summed E-state index contributed by atoms with van der Waals surface area (Å²) in [5.74, 6) is -0.977. The van der Waals surface area contributed by atoms with Crippen LogP contribution in [0.15, 0.2) is 0 Å². The van der Waals surface area contributed by atoms with E-state index in [1.165, 1.54) is 0 Å². The molecule has 9 atom stereocenters. The maximum absolute atomic E-state index is 14.2. The molecule has 3 fully saturated rings. The summed E-state index contributed by atoms with van der Waals surface area (Å²) in [6, 6.07) is 0.400. The number of ether oxygens (including phenoxy) is 4. The molecule has 1 N–H and O–H groups in total. The van der Waals surface area contributed by atoms with Crippen molar-refractivity contribution >= 4 is 11.8 Å². The molecule has 3 heterocycles. The molecule has 0 spiro atoms. The predicted octanol–water partition coefficient (Wildman–Crippen LogP) is 3.44. The van der Waals surface area contributed by atoms with E-state index in [9.17, 15) is 14.7 Å². The second-order valence-electron chi connectivity index (χ2n) is 15.3. The number of carbonyl (C=O) groups is 2. The molecule has 10 nitrogen and oxygen atoms in total. The molecular weight excluding hydrogens is 562 g/mol. The quantitative estimate of drug-likeness (QED) is 0.349. The fourth-order valence-electron chi connectivity index (χ4n) is 7.88. The van der Waals surface area contributed by atoms with Crippen molar-refractivity contribution in [1.82, 2.24) is 14.7 Å². The van der Waals surface area contributed by atoms with Crippen LogP contribution in [0.2, 0.25) is 0 Å². The Morgan fingerprint density at radius 2 is 1.68 bits per heavy atom. The number of likely N-dealkylation sites (N-methyl/N-ethyl adjacent to an activating group) is 2. The van der Waals surface area contributed by atoms with Gasteiger partial charge in [0.05, 0.1) is 17.8 Å². The maximum Gasteiger partial charge on any atom is 0.319 e. The summed E-state index contributed by atoms with van der Waals surface area (Å²) in [6.07, 6.45) is 0.552. The van der Waals surface area contributed by atoms with Crippen LogP contribution in [0.5, 0.6) is 0 Å². The number of ketones is 1. The van der Waals surface area contributed by atoms with Crippen molar-refractivity contribution in [3.8, 4) is 0 Å². The molecule has 3 aliphatic heterocycles. The fourth-order valence-corrected chi connectivity index (χ4v) is 7.88. The Morgan fingerprint density at radius 3 is 2.23 bits per heavy atom. The Morgan fingerprint density at radius 1 is 1.07 bits per heavy atom. The van der Waals surface area contributed by atoms with Crippen LogP contribution in [0.25, 0.3) is 0 Å². The van der Waals surface area contributed by atoms with Crippen LogP contribution < -0.4 is 0 Å². The zero-order valence-corrected chi connectivity index (χ0v) is 29.7. The average molecular weight is 626 g/mol. The maximum atomic E-state index is 14.2. The first-order valence-electron chi connectivity index (χ1n) is 16.8. The van der Waals surface area contributed by atoms with E-state index in [0.717, 1.165) is 32.5 Å². The molecule has 0 bridgehead atoms. The summed E-state index contributed by atoms with van der Waals surface area (Å²) in [5.41, 5.74) is -2.30. The third-order valence-corrected chi connectivity index (χ3v) is 10.8. The van der Waals surface area contributed by atoms with Crippen LogP contribution >= 0.6 is 0 Å². The van der Waals surface area contributed by atoms with Gasteiger partial charge in [0.2, 0.25) is 0 Å². The highest BCUT2D eigenvalue weighted by molar-refractivity contribution is 6.04. The number of nitrogens with zero attached hydrogens (tertiary/aromatic N) is 3. The number of esters is 1. The molecule has 256 valence electrons. The van der Waals surface area contributed by atoms with Crippen LogP contribution in [0.3, 0.4) is 0 Å². The van der Waals surface area contributed by atoms with E-state index >= 15 is 0 Å². The number of methoxy groups -OCH3 is 1. The van der Waals surface area contributed by atoms with Gasteiger partial charge in [0.25, 0.3) is 0 Å². The van der Waals surface area contributed by atoms with Crippen molar-refractivity contribution in [2.75, 3.05) is 54.5 Å². The van der Waals surface area contributed by atoms with Crippen LogP contribution in [-0.2, 0) is 28.5 Å². The number of carbonyl (C=O) groups excluding carboxylic acids is 2. The fraction of sp³-hybridized carbons (Fsp3) is 0.941. The van der Waals surface area contributed by atoms with Gasteiger partial charge in [0.15, 0.2) is 12.1 Å². The highest BCUT2D eigenvalue weighted by atomic mass is 16.7. The summed E-state index contributed by atoms with van der Waals surface area (Å²) in [7, 11) is 7.63. The molecule has 0 amide bonds. The molecule has 0 unspecified atom stereocenters. The highest BCUT2D eigenvalue weighted by Gasteiger charge is 2.51. The van der Waals surface area contributed by atoms with Gasteiger partial charge in [-0.15, -0.1) is 0 Å². The van der Waals surface area contributed by atoms with E-state index in [-0.39, 0.29) is 36.5 Å². The van der Waals surface area contributed by atoms with Gasteiger partial charge in [-0.25, -0.2) is 0 Å². The molecule has 10 heteroatoms. The van der Waals surface area contributed by atoms with E-state index in [1.807, 2.05) is 32.8 Å². The number of piperidine rings is 1. The van der Waals surface area contributed by atoms with E-state index < -0.39 is 41.4 Å². The number of cyclic esters (lactones) is 1. The zero-order valence-electron chi connectivity index (χ0n) is 29.7. The van der Waals surface area contributed by atoms with Gasteiger partial charge in [-0.3, -0.25) is 14.5 Å². The number of hydrogen-bond donors (Lipinski definition) is 1. The zero-order chi connectivity index (χ0) is 33.1. The minimum absolute atomic E-state index is 0.0517. The summed E-state index contributed by atoms with van der Waals surface area (Å²) < 4.78 is 25.1. The lowest BCUT2D eigenvalue weighted by molar-refractivity contribution is -0.295. The minimum Gasteiger partial charge on any atom is -0.463 e. The normalized spacial score (nSPS) is 39.5. The third-order valence-electron chi connectivity index (χ3n) is 10.8. The van der Waals surface area contributed by atoms with Gasteiger partial charge in [-0.1, -0.05) is 13.8 Å². The molecule has 0 aromatic heterocycles. The van der Waals surface area contributed by atoms with Crippen molar-refractivity contribution < 1.29 is 33.6 Å². The first-order valence-corrected chi connectivity index (χ1v) is 16.8. The monoisotopic (exact) mass is 625 g/mol. The Balaban J connectivity index is 1.96. The lowest BCUT2D eigenvalue weighted by Gasteiger charge is -2.47. The second-order valence-corrected chi connectivity index (χ2v) is 15.3. The molecule has 0 aliphatic carbocycles. The third kappa shape index (κ3) is 8.41. The predicted molar refractivity (Wildman–Crippen MR) is 171 cm³/mol. The number of likely N-dealkylation sites (tertiary alicyclic amines) is 1. The van der Waals surface area contributed by atoms with Crippen LogP contribution in [0, 0.1) is 23.2 Å². The molecule has 3 aliphatic rings. The molecule has 3 saturated heterocycles. The van der Waals surface area contributed by atoms with Gasteiger partial charge >= 0.3 is 5.97 Å². The first-order chi connectivity index (χ1) is 20.4. The van der Waals surface area contributed by atoms with Gasteiger partial charge < -0.3 is 33.9 Å². The van der Waals surface area contributed by atoms with Gasteiger partial charge in [0, 0.05) is 37.7 Å². The number of hydrogen-bond acceptors (Lipinski definition) is 10. The topological polar surface area (TPSA) is 101 Å². The van der Waals surface area contributed by atoms with Crippen molar-refractivity contribution in [2.45, 2.75) is 129 Å². The van der Waals surface area contributed by atoms with Gasteiger partial charge in [0.1, 0.15) is 18.1 Å². The number of Topliss-reactive ketones (excluding diaryl/α,β-unsaturated/α-hetero) is 1. The minimum atomic E-state index is -1.40. The van der Waals surface area contributed by atoms with Gasteiger partial charge in [-0.05, 0) is 113 Å². The Bertz CT molecular complexity index is 953. The van der Waals surface area contributed by atoms with E-state index in [1.54, 1.807) is 27.9 Å². The number of aliphatic hydroxyl groups is 1. The van der Waals surface area contributed by atoms with E-state index in [4.69, 9.17) is 18.9 Å². The molecule has 0 aromatic rings. The standard InChI is InChI=1S/C34H63N3O7/c1-21(2)37-15-13-25(14-16-37)27-20-42-32(40)33(6,7)29(39)24(5)30(34(8,41-12)18-22(3)19-36(27)11)44-31-28(38)26(35(9)10)17-23(4)43-31/h21-28,30-31,38H,13-20H2,1-12H3/t22-,23-,24+,26+,27-,28-,30-,31+,34-/m1/s1. The first kappa shape index (κ1) is 37.3. The van der Waals surface area contributed by atoms with E-state index in [2.05, 4.69) is 37.6 Å². The van der Waals surface area contributed by atoms with E-state index in [0.29, 0.717) is 24.8 Å². The van der Waals surface area contributed by atoms with Crippen LogP contribution in [0.1, 0.15) is 81.1 Å². The van der Waals surface area contributed by atoms with Crippen molar-refractivity contribution in [3.05, 3.63) is 0 Å². The smallest absolute Gasteiger partial charge is 0.319 e. The average Bonchev–Trinajstić information content (AvgIpc) is 2.95. The summed E-state index contributed by atoms with van der Waals surface area (Å²) in [4.78, 5) is 34.7. The number of aliphatic hydroxyl groups excluding tert-OH is 1. The molecule has 0 saturated carbocycles. The lowest BCUT2D eigenvalue weighted by Crippen LogP contribution is -2.59. The molecule has 44 heavy (non-hydrogen) atoms. The summed E-state index contributed by atoms with van der Waals surface area (Å²) in [6.45, 7) is 18.8. The Kier molecular flexibility index (Phi) is 12.9. The SMILES string of the molecule is CO[C@]1(C)C[C@@H](C)CN(C)[C@@H](C2CCN(C(C)C)CC2)COC(=O)C(C)(C)C(=O)[C@H](C)[C@H]1O[C@@H]1O[C@H](C)C[C@H](N(C)C)[C@H]1O. The molecule has 3 rings (SSSR count). The van der Waals surface area contributed by atoms with Gasteiger partial charge in [-0.2, -0.15) is 0 Å².